The first-order valence-electron chi connectivity index (χ1n) is 4.15. The van der Waals surface area contributed by atoms with E-state index in [1.807, 2.05) is 14.1 Å². The highest BCUT2D eigenvalue weighted by Gasteiger charge is 2.05. The fourth-order valence-corrected chi connectivity index (χ4v) is 1.63. The van der Waals surface area contributed by atoms with Crippen LogP contribution in [0, 0.1) is 0 Å². The molecule has 82 valence electrons. The van der Waals surface area contributed by atoms with E-state index in [9.17, 15) is 4.79 Å². The summed E-state index contributed by atoms with van der Waals surface area (Å²) in [5.74, 6) is 0.595. The Morgan fingerprint density at radius 3 is 2.87 bits per heavy atom. The predicted octanol–water partition coefficient (Wildman–Crippen LogP) is 1.43. The van der Waals surface area contributed by atoms with Crippen LogP contribution < -0.4 is 5.43 Å². The lowest BCUT2D eigenvalue weighted by atomic mass is 10.4. The van der Waals surface area contributed by atoms with E-state index >= 15 is 0 Å². The second-order valence-electron chi connectivity index (χ2n) is 3.04. The molecule has 1 aromatic heterocycles. The summed E-state index contributed by atoms with van der Waals surface area (Å²) in [4.78, 5) is 12.9. The van der Waals surface area contributed by atoms with Crippen molar-refractivity contribution in [2.24, 2.45) is 0 Å². The first kappa shape index (κ1) is 12.1. The molecule has 0 bridgehead atoms. The molecule has 1 aromatic rings. The van der Waals surface area contributed by atoms with Gasteiger partial charge in [-0.2, -0.15) is 0 Å². The van der Waals surface area contributed by atoms with E-state index in [1.165, 1.54) is 17.8 Å². The average Bonchev–Trinajstić information content (AvgIpc) is 2.19. The number of hydrogen-bond donors (Lipinski definition) is 1. The van der Waals surface area contributed by atoms with Crippen LogP contribution in [-0.4, -0.2) is 28.4 Å². The first-order chi connectivity index (χ1) is 7.00. The molecule has 0 aromatic carbocycles. The summed E-state index contributed by atoms with van der Waals surface area (Å²) in [5.41, 5.74) is -0.437. The van der Waals surface area contributed by atoms with E-state index in [4.69, 9.17) is 21.7 Å². The van der Waals surface area contributed by atoms with Crippen molar-refractivity contribution in [2.75, 3.05) is 14.1 Å². The maximum Gasteiger partial charge on any atom is 0.226 e. The van der Waals surface area contributed by atoms with Gasteiger partial charge >= 0.3 is 0 Å². The Bertz CT molecular complexity index is 414. The van der Waals surface area contributed by atoms with E-state index in [1.54, 1.807) is 4.90 Å². The van der Waals surface area contributed by atoms with Gasteiger partial charge in [0.1, 0.15) is 16.3 Å². The minimum absolute atomic E-state index is 0.376. The molecule has 0 fully saturated rings. The molecule has 0 unspecified atom stereocenters. The molecule has 0 saturated carbocycles. The molecule has 1 rings (SSSR count). The Hall–Kier alpha value is -1.01. The van der Waals surface area contributed by atoms with Gasteiger partial charge in [-0.05, 0) is 0 Å². The molecule has 0 aliphatic carbocycles. The van der Waals surface area contributed by atoms with E-state index in [-0.39, 0.29) is 5.75 Å². The lowest BCUT2D eigenvalue weighted by molar-refractivity contribution is 0.419. The van der Waals surface area contributed by atoms with Gasteiger partial charge in [0.05, 0.1) is 5.75 Å². The van der Waals surface area contributed by atoms with Crippen molar-refractivity contribution in [3.8, 4) is 5.75 Å². The standard InChI is InChI=1S/C9H11NO3S2/c1-10(2)9(14)15-5-6-3-7(11)8(12)4-13-6/h3-4,12H,5H2,1-2H3. The fourth-order valence-electron chi connectivity index (χ4n) is 0.781. The Labute approximate surface area is 96.9 Å². The van der Waals surface area contributed by atoms with Crippen molar-refractivity contribution in [3.05, 3.63) is 28.3 Å². The summed E-state index contributed by atoms with van der Waals surface area (Å²) in [6, 6.07) is 1.26. The Morgan fingerprint density at radius 1 is 1.67 bits per heavy atom. The van der Waals surface area contributed by atoms with Crippen LogP contribution in [0.4, 0.5) is 0 Å². The smallest absolute Gasteiger partial charge is 0.226 e. The second-order valence-corrected chi connectivity index (χ2v) is 4.65. The minimum atomic E-state index is -0.437. The monoisotopic (exact) mass is 245 g/mol. The first-order valence-corrected chi connectivity index (χ1v) is 5.55. The number of hydrogen-bond acceptors (Lipinski definition) is 5. The summed E-state index contributed by atoms with van der Waals surface area (Å²) >= 11 is 6.45. The van der Waals surface area contributed by atoms with Gasteiger partial charge in [-0.25, -0.2) is 0 Å². The zero-order valence-electron chi connectivity index (χ0n) is 8.39. The average molecular weight is 245 g/mol. The quantitative estimate of drug-likeness (QED) is 0.795. The van der Waals surface area contributed by atoms with Crippen LogP contribution in [0.2, 0.25) is 0 Å². The molecule has 15 heavy (non-hydrogen) atoms. The van der Waals surface area contributed by atoms with Crippen LogP contribution in [-0.2, 0) is 5.75 Å². The van der Waals surface area contributed by atoms with Gasteiger partial charge < -0.3 is 14.4 Å². The summed E-state index contributed by atoms with van der Waals surface area (Å²) < 4.78 is 5.73. The molecule has 0 radical (unpaired) electrons. The van der Waals surface area contributed by atoms with Crippen LogP contribution >= 0.6 is 24.0 Å². The summed E-state index contributed by atoms with van der Waals surface area (Å²) in [6.45, 7) is 0. The molecule has 0 amide bonds. The zero-order valence-corrected chi connectivity index (χ0v) is 10.0. The summed E-state index contributed by atoms with van der Waals surface area (Å²) in [7, 11) is 3.70. The van der Waals surface area contributed by atoms with Gasteiger partial charge in [0.15, 0.2) is 5.75 Å². The normalized spacial score (nSPS) is 10.0. The molecule has 4 nitrogen and oxygen atoms in total. The molecular formula is C9H11NO3S2. The Balaban J connectivity index is 2.63. The molecule has 6 heteroatoms. The maximum absolute atomic E-state index is 11.1. The topological polar surface area (TPSA) is 53.7 Å². The Kier molecular flexibility index (Phi) is 4.16. The van der Waals surface area contributed by atoms with Crippen LogP contribution in [0.3, 0.4) is 0 Å². The third-order valence-corrected chi connectivity index (χ3v) is 3.33. The highest BCUT2D eigenvalue weighted by Crippen LogP contribution is 2.15. The molecule has 0 saturated heterocycles. The lowest BCUT2D eigenvalue weighted by Crippen LogP contribution is -2.16. The molecule has 0 spiro atoms. The summed E-state index contributed by atoms with van der Waals surface area (Å²) in [6.07, 6.45) is 1.04. The number of nitrogens with zero attached hydrogens (tertiary/aromatic N) is 1. The van der Waals surface area contributed by atoms with E-state index < -0.39 is 5.43 Å². The minimum Gasteiger partial charge on any atom is -0.502 e. The van der Waals surface area contributed by atoms with Crippen molar-refractivity contribution in [3.63, 3.8) is 0 Å². The molecule has 0 aliphatic rings. The van der Waals surface area contributed by atoms with Gasteiger partial charge in [-0.3, -0.25) is 4.79 Å². The largest absolute Gasteiger partial charge is 0.502 e. The van der Waals surface area contributed by atoms with Crippen molar-refractivity contribution in [2.45, 2.75) is 5.75 Å². The lowest BCUT2D eigenvalue weighted by Gasteiger charge is -2.11. The van der Waals surface area contributed by atoms with Crippen molar-refractivity contribution >= 4 is 28.3 Å². The van der Waals surface area contributed by atoms with Crippen molar-refractivity contribution in [1.82, 2.24) is 4.90 Å². The van der Waals surface area contributed by atoms with Crippen LogP contribution in [0.5, 0.6) is 5.75 Å². The summed E-state index contributed by atoms with van der Waals surface area (Å²) in [5, 5.41) is 8.96. The molecular weight excluding hydrogens is 234 g/mol. The zero-order chi connectivity index (χ0) is 11.4. The van der Waals surface area contributed by atoms with Crippen LogP contribution in [0.1, 0.15) is 5.76 Å². The van der Waals surface area contributed by atoms with Crippen molar-refractivity contribution < 1.29 is 9.52 Å². The van der Waals surface area contributed by atoms with Gasteiger partial charge in [0, 0.05) is 20.2 Å². The number of aromatic hydroxyl groups is 1. The van der Waals surface area contributed by atoms with E-state index in [0.717, 1.165) is 6.26 Å². The highest BCUT2D eigenvalue weighted by atomic mass is 32.2. The second kappa shape index (κ2) is 5.18. The van der Waals surface area contributed by atoms with Gasteiger partial charge in [0.2, 0.25) is 5.43 Å². The van der Waals surface area contributed by atoms with Crippen molar-refractivity contribution in [1.29, 1.82) is 0 Å². The van der Waals surface area contributed by atoms with E-state index in [0.29, 0.717) is 15.8 Å². The SMILES string of the molecule is CN(C)C(=S)SCc1cc(=O)c(O)co1. The third kappa shape index (κ3) is 3.56. The van der Waals surface area contributed by atoms with Gasteiger partial charge in [-0.1, -0.05) is 24.0 Å². The van der Waals surface area contributed by atoms with Gasteiger partial charge in [0.25, 0.3) is 0 Å². The molecule has 0 atom stereocenters. The number of thioether (sulfide) groups is 1. The fraction of sp³-hybridized carbons (Fsp3) is 0.333. The predicted molar refractivity (Wildman–Crippen MR) is 64.2 cm³/mol. The number of rotatable bonds is 2. The third-order valence-electron chi connectivity index (χ3n) is 1.57. The highest BCUT2D eigenvalue weighted by molar-refractivity contribution is 8.22. The molecule has 0 aliphatic heterocycles. The van der Waals surface area contributed by atoms with E-state index in [2.05, 4.69) is 0 Å². The van der Waals surface area contributed by atoms with Crippen LogP contribution in [0.25, 0.3) is 0 Å². The maximum atomic E-state index is 11.1. The Morgan fingerprint density at radius 2 is 2.33 bits per heavy atom. The molecule has 1 N–H and O–H groups in total. The molecule has 1 heterocycles. The number of thiocarbonyl (C=S) groups is 1. The van der Waals surface area contributed by atoms with Gasteiger partial charge in [-0.15, -0.1) is 0 Å². The van der Waals surface area contributed by atoms with Crippen LogP contribution in [0.15, 0.2) is 21.5 Å².